The molecule has 23 heavy (non-hydrogen) atoms. The summed E-state index contributed by atoms with van der Waals surface area (Å²) in [4.78, 5) is 14.1. The molecular weight excluding hydrogens is 315 g/mol. The van der Waals surface area contributed by atoms with Crippen LogP contribution in [0.15, 0.2) is 29.4 Å². The van der Waals surface area contributed by atoms with Crippen molar-refractivity contribution in [3.8, 4) is 0 Å². The number of carbonyl (C=O) groups is 1. The van der Waals surface area contributed by atoms with E-state index in [0.29, 0.717) is 18.2 Å². The van der Waals surface area contributed by atoms with Gasteiger partial charge in [-0.1, -0.05) is 11.8 Å². The van der Waals surface area contributed by atoms with Crippen LogP contribution in [0.25, 0.3) is 0 Å². The summed E-state index contributed by atoms with van der Waals surface area (Å²) < 4.78 is 15.0. The molecule has 1 heterocycles. The Labute approximate surface area is 138 Å². The maximum Gasteiger partial charge on any atom is 0.237 e. The molecule has 122 valence electrons. The molecule has 0 saturated heterocycles. The summed E-state index contributed by atoms with van der Waals surface area (Å²) in [5.74, 6) is 1.48. The van der Waals surface area contributed by atoms with Gasteiger partial charge in [-0.2, -0.15) is 0 Å². The zero-order chi connectivity index (χ0) is 16.4. The van der Waals surface area contributed by atoms with E-state index in [1.807, 2.05) is 18.5 Å². The molecule has 1 amide bonds. The smallest absolute Gasteiger partial charge is 0.237 e. The lowest BCUT2D eigenvalue weighted by Gasteiger charge is -2.20. The minimum atomic E-state index is -0.307. The summed E-state index contributed by atoms with van der Waals surface area (Å²) in [7, 11) is 1.94. The molecular formula is C16H19FN4OS. The van der Waals surface area contributed by atoms with Crippen LogP contribution in [0.1, 0.15) is 31.5 Å². The van der Waals surface area contributed by atoms with Gasteiger partial charge < -0.3 is 9.47 Å². The standard InChI is InChI=1S/C16H19FN4OS/c1-3-21(13-8-6-12(17)7-9-13)14(22)10-23-16-19-18-15(20(16)2)11-4-5-11/h6-9,11H,3-5,10H2,1-2H3. The molecule has 1 aliphatic carbocycles. The molecule has 7 heteroatoms. The third kappa shape index (κ3) is 3.55. The molecule has 0 unspecified atom stereocenters. The molecule has 1 fully saturated rings. The summed E-state index contributed by atoms with van der Waals surface area (Å²) in [6.07, 6.45) is 2.34. The maximum atomic E-state index is 13.0. The average Bonchev–Trinajstić information content (AvgIpc) is 3.32. The first-order valence-corrected chi connectivity index (χ1v) is 8.66. The second-order valence-corrected chi connectivity index (χ2v) is 6.52. The van der Waals surface area contributed by atoms with Crippen LogP contribution in [0, 0.1) is 5.82 Å². The van der Waals surface area contributed by atoms with Crippen molar-refractivity contribution in [1.82, 2.24) is 14.8 Å². The van der Waals surface area contributed by atoms with Crippen LogP contribution in [0.5, 0.6) is 0 Å². The van der Waals surface area contributed by atoms with Gasteiger partial charge in [-0.15, -0.1) is 10.2 Å². The number of hydrogen-bond acceptors (Lipinski definition) is 4. The summed E-state index contributed by atoms with van der Waals surface area (Å²) >= 11 is 1.39. The number of thioether (sulfide) groups is 1. The predicted octanol–water partition coefficient (Wildman–Crippen LogP) is 2.98. The van der Waals surface area contributed by atoms with E-state index in [4.69, 9.17) is 0 Å². The second-order valence-electron chi connectivity index (χ2n) is 5.58. The van der Waals surface area contributed by atoms with Gasteiger partial charge in [0.1, 0.15) is 11.6 Å². The van der Waals surface area contributed by atoms with Gasteiger partial charge in [0.2, 0.25) is 5.91 Å². The Morgan fingerprint density at radius 3 is 2.65 bits per heavy atom. The highest BCUT2D eigenvalue weighted by Gasteiger charge is 2.29. The Hall–Kier alpha value is -1.89. The van der Waals surface area contributed by atoms with Crippen molar-refractivity contribution in [3.63, 3.8) is 0 Å². The van der Waals surface area contributed by atoms with Crippen LogP contribution in [-0.2, 0) is 11.8 Å². The van der Waals surface area contributed by atoms with E-state index < -0.39 is 0 Å². The third-order valence-electron chi connectivity index (χ3n) is 3.89. The van der Waals surface area contributed by atoms with Gasteiger partial charge in [0.25, 0.3) is 0 Å². The number of carbonyl (C=O) groups excluding carboxylic acids is 1. The van der Waals surface area contributed by atoms with E-state index in [0.717, 1.165) is 11.0 Å². The summed E-state index contributed by atoms with van der Waals surface area (Å²) in [6.45, 7) is 2.44. The van der Waals surface area contributed by atoms with Crippen molar-refractivity contribution < 1.29 is 9.18 Å². The molecule has 0 atom stereocenters. The number of nitrogens with zero attached hydrogens (tertiary/aromatic N) is 4. The Morgan fingerprint density at radius 2 is 2.04 bits per heavy atom. The lowest BCUT2D eigenvalue weighted by atomic mass is 10.3. The number of hydrogen-bond donors (Lipinski definition) is 0. The van der Waals surface area contributed by atoms with Crippen molar-refractivity contribution in [2.24, 2.45) is 7.05 Å². The molecule has 1 aromatic heterocycles. The maximum absolute atomic E-state index is 13.0. The zero-order valence-electron chi connectivity index (χ0n) is 13.2. The van der Waals surface area contributed by atoms with Gasteiger partial charge in [-0.3, -0.25) is 4.79 Å². The molecule has 1 aromatic carbocycles. The Kier molecular flexibility index (Phi) is 4.66. The van der Waals surface area contributed by atoms with E-state index in [2.05, 4.69) is 10.2 Å². The number of amides is 1. The van der Waals surface area contributed by atoms with Crippen LogP contribution in [-0.4, -0.2) is 33.0 Å². The van der Waals surface area contributed by atoms with Crippen molar-refractivity contribution in [2.45, 2.75) is 30.8 Å². The van der Waals surface area contributed by atoms with Crippen molar-refractivity contribution in [3.05, 3.63) is 35.9 Å². The van der Waals surface area contributed by atoms with Crippen molar-refractivity contribution in [1.29, 1.82) is 0 Å². The normalized spacial score (nSPS) is 14.0. The highest BCUT2D eigenvalue weighted by Crippen LogP contribution is 2.39. The van der Waals surface area contributed by atoms with E-state index in [1.54, 1.807) is 17.0 Å². The molecule has 5 nitrogen and oxygen atoms in total. The van der Waals surface area contributed by atoms with E-state index >= 15 is 0 Å². The molecule has 0 spiro atoms. The quantitative estimate of drug-likeness (QED) is 0.762. The highest BCUT2D eigenvalue weighted by molar-refractivity contribution is 7.99. The Morgan fingerprint density at radius 1 is 1.35 bits per heavy atom. The Balaban J connectivity index is 1.64. The zero-order valence-corrected chi connectivity index (χ0v) is 14.0. The van der Waals surface area contributed by atoms with E-state index in [1.165, 1.54) is 36.7 Å². The van der Waals surface area contributed by atoms with Crippen molar-refractivity contribution >= 4 is 23.4 Å². The minimum Gasteiger partial charge on any atom is -0.312 e. The number of rotatable bonds is 6. The largest absolute Gasteiger partial charge is 0.312 e. The lowest BCUT2D eigenvalue weighted by Crippen LogP contribution is -2.32. The second kappa shape index (κ2) is 6.70. The van der Waals surface area contributed by atoms with E-state index in [9.17, 15) is 9.18 Å². The van der Waals surface area contributed by atoms with Crippen LogP contribution in [0.3, 0.4) is 0 Å². The van der Waals surface area contributed by atoms with Gasteiger partial charge in [-0.25, -0.2) is 4.39 Å². The minimum absolute atomic E-state index is 0.0277. The molecule has 0 bridgehead atoms. The fourth-order valence-electron chi connectivity index (χ4n) is 2.48. The summed E-state index contributed by atoms with van der Waals surface area (Å²) in [5, 5.41) is 9.15. The first kappa shape index (κ1) is 16.0. The van der Waals surface area contributed by atoms with Gasteiger partial charge in [-0.05, 0) is 44.0 Å². The monoisotopic (exact) mass is 334 g/mol. The topological polar surface area (TPSA) is 51.0 Å². The number of halogens is 1. The fourth-order valence-corrected chi connectivity index (χ4v) is 3.27. The molecule has 2 aromatic rings. The fraction of sp³-hybridized carbons (Fsp3) is 0.438. The van der Waals surface area contributed by atoms with E-state index in [-0.39, 0.29) is 17.5 Å². The number of anilines is 1. The van der Waals surface area contributed by atoms with Gasteiger partial charge >= 0.3 is 0 Å². The van der Waals surface area contributed by atoms with Crippen molar-refractivity contribution in [2.75, 3.05) is 17.2 Å². The van der Waals surface area contributed by atoms with Gasteiger partial charge in [0.05, 0.1) is 5.75 Å². The summed E-state index contributed by atoms with van der Waals surface area (Å²) in [5.41, 5.74) is 0.705. The molecule has 0 radical (unpaired) electrons. The molecule has 1 aliphatic rings. The lowest BCUT2D eigenvalue weighted by molar-refractivity contribution is -0.116. The number of aromatic nitrogens is 3. The SMILES string of the molecule is CCN(C(=O)CSc1nnc(C2CC2)n1C)c1ccc(F)cc1. The third-order valence-corrected chi connectivity index (χ3v) is 4.90. The van der Waals surface area contributed by atoms with Gasteiger partial charge in [0.15, 0.2) is 5.16 Å². The van der Waals surface area contributed by atoms with Crippen LogP contribution >= 0.6 is 11.8 Å². The highest BCUT2D eigenvalue weighted by atomic mass is 32.2. The summed E-state index contributed by atoms with van der Waals surface area (Å²) in [6, 6.07) is 5.97. The molecule has 1 saturated carbocycles. The van der Waals surface area contributed by atoms with Gasteiger partial charge in [0, 0.05) is 25.2 Å². The van der Waals surface area contributed by atoms with Crippen LogP contribution in [0.2, 0.25) is 0 Å². The first-order chi connectivity index (χ1) is 11.1. The molecule has 0 N–H and O–H groups in total. The van der Waals surface area contributed by atoms with Crippen LogP contribution < -0.4 is 4.90 Å². The average molecular weight is 334 g/mol. The first-order valence-electron chi connectivity index (χ1n) is 7.68. The number of benzene rings is 1. The molecule has 0 aliphatic heterocycles. The predicted molar refractivity (Wildman–Crippen MR) is 88.1 cm³/mol. The van der Waals surface area contributed by atoms with Crippen LogP contribution in [0.4, 0.5) is 10.1 Å². The Bertz CT molecular complexity index is 697. The molecule has 3 rings (SSSR count).